The van der Waals surface area contributed by atoms with Gasteiger partial charge in [-0.05, 0) is 12.3 Å². The molecule has 0 aromatic carbocycles. The van der Waals surface area contributed by atoms with Crippen LogP contribution < -0.4 is 11.1 Å². The zero-order valence-electron chi connectivity index (χ0n) is 11.7. The predicted molar refractivity (Wildman–Crippen MR) is 70.8 cm³/mol. The Bertz CT molecular complexity index is 210. The highest BCUT2D eigenvalue weighted by molar-refractivity contribution is 5.82. The highest BCUT2D eigenvalue weighted by atomic mass is 16.5. The van der Waals surface area contributed by atoms with Crippen LogP contribution >= 0.6 is 0 Å². The van der Waals surface area contributed by atoms with E-state index in [1.807, 2.05) is 13.8 Å². The van der Waals surface area contributed by atoms with Crippen LogP contribution in [-0.4, -0.2) is 31.7 Å². The lowest BCUT2D eigenvalue weighted by Crippen LogP contribution is -2.49. The first-order valence-electron chi connectivity index (χ1n) is 6.61. The minimum atomic E-state index is -0.416. The highest BCUT2D eigenvalue weighted by Gasteiger charge is 2.21. The molecule has 0 saturated carbocycles. The fourth-order valence-corrected chi connectivity index (χ4v) is 1.66. The Morgan fingerprint density at radius 2 is 2.06 bits per heavy atom. The third kappa shape index (κ3) is 6.64. The maximum Gasteiger partial charge on any atom is 0.237 e. The fourth-order valence-electron chi connectivity index (χ4n) is 1.66. The lowest BCUT2D eigenvalue weighted by molar-refractivity contribution is -0.124. The van der Waals surface area contributed by atoms with E-state index >= 15 is 0 Å². The molecule has 3 N–H and O–H groups in total. The van der Waals surface area contributed by atoms with Gasteiger partial charge in [-0.3, -0.25) is 4.79 Å². The molecule has 17 heavy (non-hydrogen) atoms. The van der Waals surface area contributed by atoms with E-state index in [0.717, 1.165) is 25.7 Å². The first-order valence-corrected chi connectivity index (χ1v) is 6.61. The second-order valence-electron chi connectivity index (χ2n) is 4.71. The Labute approximate surface area is 105 Å². The number of carbonyl (C=O) groups is 1. The summed E-state index contributed by atoms with van der Waals surface area (Å²) in [6, 6.07) is -0.330. The van der Waals surface area contributed by atoms with Gasteiger partial charge in [0.2, 0.25) is 5.91 Å². The SMILES string of the molecule is CCCCC(COC)NC(=O)C(N)C(C)CC. The van der Waals surface area contributed by atoms with Crippen LogP contribution in [0.4, 0.5) is 0 Å². The van der Waals surface area contributed by atoms with E-state index in [-0.39, 0.29) is 17.9 Å². The smallest absolute Gasteiger partial charge is 0.237 e. The second kappa shape index (κ2) is 9.42. The molecule has 0 bridgehead atoms. The van der Waals surface area contributed by atoms with Crippen molar-refractivity contribution in [3.05, 3.63) is 0 Å². The molecule has 0 saturated heterocycles. The predicted octanol–water partition coefficient (Wildman–Crippen LogP) is 1.68. The standard InChI is InChI=1S/C13H28N2O2/c1-5-7-8-11(9-17-4)15-13(16)12(14)10(3)6-2/h10-12H,5-9,14H2,1-4H3,(H,15,16). The molecule has 0 fully saturated rings. The molecule has 0 aromatic rings. The van der Waals surface area contributed by atoms with Gasteiger partial charge in [0.05, 0.1) is 18.7 Å². The monoisotopic (exact) mass is 244 g/mol. The maximum atomic E-state index is 11.9. The van der Waals surface area contributed by atoms with Gasteiger partial charge in [-0.25, -0.2) is 0 Å². The Balaban J connectivity index is 4.18. The lowest BCUT2D eigenvalue weighted by atomic mass is 9.99. The van der Waals surface area contributed by atoms with Crippen LogP contribution in [0.5, 0.6) is 0 Å². The van der Waals surface area contributed by atoms with Crippen LogP contribution in [0.1, 0.15) is 46.5 Å². The average Bonchev–Trinajstić information content (AvgIpc) is 2.34. The molecule has 102 valence electrons. The molecule has 0 aromatic heterocycles. The van der Waals surface area contributed by atoms with E-state index in [9.17, 15) is 4.79 Å². The van der Waals surface area contributed by atoms with Crippen molar-refractivity contribution in [2.75, 3.05) is 13.7 Å². The van der Waals surface area contributed by atoms with Crippen molar-refractivity contribution in [2.45, 2.75) is 58.5 Å². The Morgan fingerprint density at radius 3 is 2.53 bits per heavy atom. The first-order chi connectivity index (χ1) is 8.06. The Morgan fingerprint density at radius 1 is 1.41 bits per heavy atom. The molecule has 0 rings (SSSR count). The first kappa shape index (κ1) is 16.4. The van der Waals surface area contributed by atoms with E-state index in [1.165, 1.54) is 0 Å². The molecular weight excluding hydrogens is 216 g/mol. The largest absolute Gasteiger partial charge is 0.383 e. The summed E-state index contributed by atoms with van der Waals surface area (Å²) in [6.07, 6.45) is 4.07. The minimum Gasteiger partial charge on any atom is -0.383 e. The van der Waals surface area contributed by atoms with E-state index in [0.29, 0.717) is 6.61 Å². The maximum absolute atomic E-state index is 11.9. The molecule has 1 amide bonds. The summed E-state index contributed by atoms with van der Waals surface area (Å²) in [5, 5.41) is 2.98. The van der Waals surface area contributed by atoms with Gasteiger partial charge in [0.25, 0.3) is 0 Å². The van der Waals surface area contributed by atoms with Crippen LogP contribution in [0.2, 0.25) is 0 Å². The molecule has 0 aliphatic carbocycles. The van der Waals surface area contributed by atoms with Crippen molar-refractivity contribution < 1.29 is 9.53 Å². The number of ether oxygens (including phenoxy) is 1. The van der Waals surface area contributed by atoms with E-state index < -0.39 is 6.04 Å². The van der Waals surface area contributed by atoms with Gasteiger partial charge in [-0.1, -0.05) is 40.0 Å². The molecule has 0 heterocycles. The number of nitrogens with two attached hydrogens (primary N) is 1. The third-order valence-electron chi connectivity index (χ3n) is 3.18. The zero-order chi connectivity index (χ0) is 13.3. The summed E-state index contributed by atoms with van der Waals surface area (Å²) in [6.45, 7) is 6.73. The number of unbranched alkanes of at least 4 members (excludes halogenated alkanes) is 1. The Hall–Kier alpha value is -0.610. The number of carbonyl (C=O) groups excluding carboxylic acids is 1. The number of hydrogen-bond donors (Lipinski definition) is 2. The van der Waals surface area contributed by atoms with Crippen molar-refractivity contribution >= 4 is 5.91 Å². The van der Waals surface area contributed by atoms with Gasteiger partial charge in [0, 0.05) is 7.11 Å². The van der Waals surface area contributed by atoms with Crippen LogP contribution in [0.15, 0.2) is 0 Å². The summed E-state index contributed by atoms with van der Waals surface area (Å²) >= 11 is 0. The highest BCUT2D eigenvalue weighted by Crippen LogP contribution is 2.07. The summed E-state index contributed by atoms with van der Waals surface area (Å²) in [5.41, 5.74) is 5.89. The summed E-state index contributed by atoms with van der Waals surface area (Å²) in [5.74, 6) is 0.155. The van der Waals surface area contributed by atoms with Crippen molar-refractivity contribution in [3.8, 4) is 0 Å². The molecule has 4 nitrogen and oxygen atoms in total. The van der Waals surface area contributed by atoms with Crippen LogP contribution in [0, 0.1) is 5.92 Å². The second-order valence-corrected chi connectivity index (χ2v) is 4.71. The van der Waals surface area contributed by atoms with Gasteiger partial charge >= 0.3 is 0 Å². The van der Waals surface area contributed by atoms with Crippen molar-refractivity contribution in [1.29, 1.82) is 0 Å². The van der Waals surface area contributed by atoms with Gasteiger partial charge in [-0.2, -0.15) is 0 Å². The number of nitrogens with one attached hydrogen (secondary N) is 1. The molecule has 0 spiro atoms. The van der Waals surface area contributed by atoms with Crippen LogP contribution in [0.3, 0.4) is 0 Å². The molecule has 3 unspecified atom stereocenters. The van der Waals surface area contributed by atoms with Gasteiger partial charge in [0.1, 0.15) is 0 Å². The van der Waals surface area contributed by atoms with E-state index in [2.05, 4.69) is 12.2 Å². The van der Waals surface area contributed by atoms with E-state index in [4.69, 9.17) is 10.5 Å². The van der Waals surface area contributed by atoms with Crippen LogP contribution in [0.25, 0.3) is 0 Å². The lowest BCUT2D eigenvalue weighted by Gasteiger charge is -2.23. The van der Waals surface area contributed by atoms with Gasteiger partial charge < -0.3 is 15.8 Å². The van der Waals surface area contributed by atoms with E-state index in [1.54, 1.807) is 7.11 Å². The number of methoxy groups -OCH3 is 1. The van der Waals surface area contributed by atoms with Crippen molar-refractivity contribution in [1.82, 2.24) is 5.32 Å². The number of amides is 1. The van der Waals surface area contributed by atoms with Crippen molar-refractivity contribution in [2.24, 2.45) is 11.7 Å². The summed E-state index contributed by atoms with van der Waals surface area (Å²) < 4.78 is 5.11. The minimum absolute atomic E-state index is 0.0579. The topological polar surface area (TPSA) is 64.3 Å². The molecule has 3 atom stereocenters. The fraction of sp³-hybridized carbons (Fsp3) is 0.923. The van der Waals surface area contributed by atoms with Crippen LogP contribution in [-0.2, 0) is 9.53 Å². The molecule has 0 radical (unpaired) electrons. The molecule has 4 heteroatoms. The average molecular weight is 244 g/mol. The quantitative estimate of drug-likeness (QED) is 0.648. The summed E-state index contributed by atoms with van der Waals surface area (Å²) in [7, 11) is 1.65. The number of rotatable bonds is 9. The zero-order valence-corrected chi connectivity index (χ0v) is 11.7. The molecule has 0 aliphatic heterocycles. The number of hydrogen-bond acceptors (Lipinski definition) is 3. The van der Waals surface area contributed by atoms with Crippen molar-refractivity contribution in [3.63, 3.8) is 0 Å². The molecular formula is C13H28N2O2. The summed E-state index contributed by atoms with van der Waals surface area (Å²) in [4.78, 5) is 11.9. The molecule has 0 aliphatic rings. The van der Waals surface area contributed by atoms with Gasteiger partial charge in [0.15, 0.2) is 0 Å². The third-order valence-corrected chi connectivity index (χ3v) is 3.18. The Kier molecular flexibility index (Phi) is 9.09. The van der Waals surface area contributed by atoms with Gasteiger partial charge in [-0.15, -0.1) is 0 Å². The normalized spacial score (nSPS) is 16.3.